The molecule has 2 aromatic rings. The van der Waals surface area contributed by atoms with E-state index in [1.165, 1.54) is 18.1 Å². The molecule has 0 bridgehead atoms. The normalized spacial score (nSPS) is 15.2. The van der Waals surface area contributed by atoms with Crippen LogP contribution in [-0.4, -0.2) is 74.5 Å². The van der Waals surface area contributed by atoms with Crippen molar-refractivity contribution in [3.63, 3.8) is 0 Å². The van der Waals surface area contributed by atoms with Gasteiger partial charge in [0.15, 0.2) is 5.82 Å². The number of nitrogens with zero attached hydrogens (tertiary/aromatic N) is 5. The molecule has 0 saturated heterocycles. The zero-order valence-corrected chi connectivity index (χ0v) is 18.1. The van der Waals surface area contributed by atoms with Crippen LogP contribution in [0.25, 0.3) is 0 Å². The molecule has 1 aliphatic rings. The van der Waals surface area contributed by atoms with E-state index in [4.69, 9.17) is 24.5 Å². The third-order valence-corrected chi connectivity index (χ3v) is 4.19. The topological polar surface area (TPSA) is 131 Å². The number of fused-ring (bicyclic) bond motifs is 1. The molecule has 0 spiro atoms. The van der Waals surface area contributed by atoms with Crippen molar-refractivity contribution in [2.75, 3.05) is 25.2 Å². The van der Waals surface area contributed by atoms with Crippen molar-refractivity contribution in [3.8, 4) is 0 Å². The highest BCUT2D eigenvalue weighted by molar-refractivity contribution is 5.73. The van der Waals surface area contributed by atoms with Gasteiger partial charge in [-0.1, -0.05) is 0 Å². The largest absolute Gasteiger partial charge is 0.490 e. The van der Waals surface area contributed by atoms with E-state index in [9.17, 15) is 30.7 Å². The molecule has 10 nitrogen and oxygen atoms in total. The maximum atomic E-state index is 13.0. The maximum absolute atomic E-state index is 13.0. The molecule has 35 heavy (non-hydrogen) atoms. The number of carbonyl (C=O) groups is 2. The highest BCUT2D eigenvalue weighted by Crippen LogP contribution is 2.30. The molecule has 2 aromatic heterocycles. The summed E-state index contributed by atoms with van der Waals surface area (Å²) in [6, 6.07) is 0. The molecule has 0 radical (unpaired) electrons. The fraction of sp³-hybridized carbons (Fsp3) is 0.500. The molecule has 0 fully saturated rings. The van der Waals surface area contributed by atoms with E-state index in [1.54, 1.807) is 7.11 Å². The van der Waals surface area contributed by atoms with Crippen molar-refractivity contribution in [3.05, 3.63) is 35.7 Å². The number of alkyl halides is 6. The molecule has 0 saturated carbocycles. The first-order valence-electron chi connectivity index (χ1n) is 9.47. The fourth-order valence-corrected chi connectivity index (χ4v) is 2.86. The Kier molecular flexibility index (Phi) is 10.4. The summed E-state index contributed by atoms with van der Waals surface area (Å²) < 4.78 is 83.8. The Balaban J connectivity index is 0.000000362. The van der Waals surface area contributed by atoms with Gasteiger partial charge >= 0.3 is 24.3 Å². The maximum Gasteiger partial charge on any atom is 0.490 e. The fourth-order valence-electron chi connectivity index (χ4n) is 2.86. The van der Waals surface area contributed by atoms with E-state index in [1.807, 2.05) is 15.8 Å². The molecule has 3 rings (SSSR count). The smallest absolute Gasteiger partial charge is 0.475 e. The van der Waals surface area contributed by atoms with Gasteiger partial charge in [-0.15, -0.1) is 0 Å². The van der Waals surface area contributed by atoms with Crippen LogP contribution in [0.1, 0.15) is 24.1 Å². The minimum Gasteiger partial charge on any atom is -0.475 e. The Labute approximate surface area is 192 Å². The number of hydrogen-bond donors (Lipinski definition) is 2. The van der Waals surface area contributed by atoms with Crippen LogP contribution in [0, 0.1) is 5.82 Å². The summed E-state index contributed by atoms with van der Waals surface area (Å²) >= 11 is 0. The van der Waals surface area contributed by atoms with Gasteiger partial charge < -0.3 is 19.8 Å². The van der Waals surface area contributed by atoms with Crippen LogP contribution in [0.3, 0.4) is 0 Å². The number of hydrogen-bond acceptors (Lipinski definition) is 7. The standard InChI is InChI=1S/C14H18FN5O.2C2HF3O2/c1-3-20-13-10(4-18-20)7-19(8-11(13)9-21-2)14-16-5-12(15)6-17-14;2*3-2(4,5)1(6)7/h4-6,11H,3,7-9H2,1-2H3;2*(H,6,7). The van der Waals surface area contributed by atoms with Gasteiger partial charge in [0.25, 0.3) is 0 Å². The third kappa shape index (κ3) is 8.99. The van der Waals surface area contributed by atoms with Crippen molar-refractivity contribution in [2.45, 2.75) is 38.3 Å². The average Bonchev–Trinajstić information content (AvgIpc) is 3.17. The zero-order chi connectivity index (χ0) is 27.0. The quantitative estimate of drug-likeness (QED) is 0.586. The van der Waals surface area contributed by atoms with Crippen LogP contribution in [-0.2, 0) is 27.4 Å². The summed E-state index contributed by atoms with van der Waals surface area (Å²) in [6.45, 7) is 4.94. The molecule has 3 heterocycles. The number of aryl methyl sites for hydroxylation is 1. The van der Waals surface area contributed by atoms with Crippen molar-refractivity contribution in [2.24, 2.45) is 0 Å². The lowest BCUT2D eigenvalue weighted by atomic mass is 9.97. The Morgan fingerprint density at radius 3 is 1.94 bits per heavy atom. The average molecular weight is 519 g/mol. The Bertz CT molecular complexity index is 955. The number of anilines is 1. The predicted molar refractivity (Wildman–Crippen MR) is 103 cm³/mol. The highest BCUT2D eigenvalue weighted by Gasteiger charge is 2.39. The van der Waals surface area contributed by atoms with Gasteiger partial charge in [-0.2, -0.15) is 31.4 Å². The first-order valence-corrected chi connectivity index (χ1v) is 9.47. The van der Waals surface area contributed by atoms with Crippen molar-refractivity contribution in [1.29, 1.82) is 0 Å². The van der Waals surface area contributed by atoms with E-state index < -0.39 is 30.1 Å². The van der Waals surface area contributed by atoms with Crippen LogP contribution < -0.4 is 4.90 Å². The van der Waals surface area contributed by atoms with Gasteiger partial charge in [0, 0.05) is 38.2 Å². The Morgan fingerprint density at radius 1 is 1.06 bits per heavy atom. The summed E-state index contributed by atoms with van der Waals surface area (Å²) in [4.78, 5) is 28.0. The summed E-state index contributed by atoms with van der Waals surface area (Å²) in [5, 5.41) is 18.7. The second kappa shape index (κ2) is 12.3. The zero-order valence-electron chi connectivity index (χ0n) is 18.1. The Hall–Kier alpha value is -3.50. The van der Waals surface area contributed by atoms with Crippen LogP contribution in [0.15, 0.2) is 18.6 Å². The van der Waals surface area contributed by atoms with E-state index in [2.05, 4.69) is 22.0 Å². The van der Waals surface area contributed by atoms with Gasteiger partial charge in [-0.25, -0.2) is 23.9 Å². The van der Waals surface area contributed by atoms with Gasteiger partial charge in [0.05, 0.1) is 30.9 Å². The molecule has 1 aliphatic heterocycles. The number of carboxylic acid groups (broad SMARTS) is 2. The molecule has 1 atom stereocenters. The number of ether oxygens (including phenoxy) is 1. The first-order chi connectivity index (χ1) is 16.1. The lowest BCUT2D eigenvalue weighted by Gasteiger charge is -2.33. The third-order valence-electron chi connectivity index (χ3n) is 4.19. The van der Waals surface area contributed by atoms with Gasteiger partial charge in [0.1, 0.15) is 0 Å². The monoisotopic (exact) mass is 519 g/mol. The van der Waals surface area contributed by atoms with Crippen LogP contribution >= 0.6 is 0 Å². The van der Waals surface area contributed by atoms with E-state index >= 15 is 0 Å². The molecular formula is C18H20F7N5O5. The summed E-state index contributed by atoms with van der Waals surface area (Å²) in [6.07, 6.45) is -5.89. The molecule has 2 N–H and O–H groups in total. The summed E-state index contributed by atoms with van der Waals surface area (Å²) in [5.41, 5.74) is 2.37. The highest BCUT2D eigenvalue weighted by atomic mass is 19.4. The number of aliphatic carboxylic acids is 2. The second-order valence-corrected chi connectivity index (χ2v) is 6.71. The number of aromatic nitrogens is 4. The van der Waals surface area contributed by atoms with Crippen molar-refractivity contribution >= 4 is 17.9 Å². The number of halogens is 7. The van der Waals surface area contributed by atoms with E-state index in [-0.39, 0.29) is 5.92 Å². The van der Waals surface area contributed by atoms with Crippen LogP contribution in [0.5, 0.6) is 0 Å². The first kappa shape index (κ1) is 29.5. The number of carboxylic acids is 2. The van der Waals surface area contributed by atoms with Gasteiger partial charge in [-0.3, -0.25) is 4.68 Å². The lowest BCUT2D eigenvalue weighted by molar-refractivity contribution is -0.193. The minimum absolute atomic E-state index is 0.204. The molecule has 0 aliphatic carbocycles. The minimum atomic E-state index is -5.08. The Morgan fingerprint density at radius 2 is 1.54 bits per heavy atom. The number of rotatable bonds is 4. The summed E-state index contributed by atoms with van der Waals surface area (Å²) in [7, 11) is 1.69. The van der Waals surface area contributed by atoms with Crippen LogP contribution in [0.4, 0.5) is 36.7 Å². The van der Waals surface area contributed by atoms with E-state index in [0.29, 0.717) is 19.1 Å². The second-order valence-electron chi connectivity index (χ2n) is 6.71. The van der Waals surface area contributed by atoms with Gasteiger partial charge in [-0.05, 0) is 6.92 Å². The van der Waals surface area contributed by atoms with Crippen molar-refractivity contribution in [1.82, 2.24) is 19.7 Å². The van der Waals surface area contributed by atoms with E-state index in [0.717, 1.165) is 18.7 Å². The molecule has 1 unspecified atom stereocenters. The molecular weight excluding hydrogens is 499 g/mol. The SMILES string of the molecule is CCn1ncc2c1C(COC)CN(c1ncc(F)cn1)C2.O=C(O)C(F)(F)F.O=C(O)C(F)(F)F. The molecule has 196 valence electrons. The summed E-state index contributed by atoms with van der Waals surface area (Å²) in [5.74, 6) is -5.20. The van der Waals surface area contributed by atoms with Crippen molar-refractivity contribution < 1.29 is 55.3 Å². The number of methoxy groups -OCH3 is 1. The molecule has 17 heteroatoms. The molecule has 0 amide bonds. The van der Waals surface area contributed by atoms with Crippen LogP contribution in [0.2, 0.25) is 0 Å². The molecule has 0 aromatic carbocycles. The predicted octanol–water partition coefficient (Wildman–Crippen LogP) is 2.85. The lowest BCUT2D eigenvalue weighted by Crippen LogP contribution is -2.37. The van der Waals surface area contributed by atoms with Gasteiger partial charge in [0.2, 0.25) is 5.95 Å².